The quantitative estimate of drug-likeness (QED) is 0.757. The van der Waals surface area contributed by atoms with Crippen LogP contribution >= 0.6 is 12.4 Å². The van der Waals surface area contributed by atoms with Crippen LogP contribution in [-0.4, -0.2) is 19.8 Å². The predicted molar refractivity (Wildman–Crippen MR) is 63.9 cm³/mol. The Balaban J connectivity index is 0.000000963. The number of rotatable bonds is 0. The Morgan fingerprint density at radius 3 is 2.75 bits per heavy atom. The molecule has 0 radical (unpaired) electrons. The molecule has 3 rings (SSSR count). The molecule has 2 aliphatic heterocycles. The van der Waals surface area contributed by atoms with Gasteiger partial charge in [-0.25, -0.2) is 4.39 Å². The predicted octanol–water partition coefficient (Wildman–Crippen LogP) is 2.72. The molecule has 0 aromatic heterocycles. The van der Waals surface area contributed by atoms with Gasteiger partial charge in [-0.05, 0) is 36.6 Å². The van der Waals surface area contributed by atoms with Gasteiger partial charge in [0.25, 0.3) is 0 Å². The van der Waals surface area contributed by atoms with E-state index in [1.807, 2.05) is 6.07 Å². The Morgan fingerprint density at radius 1 is 1.25 bits per heavy atom. The molecule has 1 aromatic carbocycles. The van der Waals surface area contributed by atoms with E-state index < -0.39 is 0 Å². The molecule has 0 bridgehead atoms. The lowest BCUT2D eigenvalue weighted by Crippen LogP contribution is -2.35. The first kappa shape index (κ1) is 11.7. The standard InChI is InChI=1S/C12H14FNO.ClH/c13-9-1-2-11-10(7-9)12(8-14-11)3-5-15-6-4-12;/h1-2,7,14H,3-6,8H2;1H. The zero-order valence-corrected chi connectivity index (χ0v) is 9.78. The van der Waals surface area contributed by atoms with Crippen LogP contribution in [0.2, 0.25) is 0 Å². The van der Waals surface area contributed by atoms with Crippen LogP contribution in [0.1, 0.15) is 18.4 Å². The van der Waals surface area contributed by atoms with Crippen molar-refractivity contribution in [2.45, 2.75) is 18.3 Å². The Hall–Kier alpha value is -0.800. The van der Waals surface area contributed by atoms with E-state index in [0.717, 1.165) is 43.9 Å². The zero-order chi connectivity index (χ0) is 10.3. The molecule has 4 heteroatoms. The third-order valence-corrected chi connectivity index (χ3v) is 3.62. The molecule has 16 heavy (non-hydrogen) atoms. The van der Waals surface area contributed by atoms with Crippen LogP contribution in [0.3, 0.4) is 0 Å². The number of fused-ring (bicyclic) bond motifs is 2. The van der Waals surface area contributed by atoms with Gasteiger partial charge < -0.3 is 10.1 Å². The second kappa shape index (κ2) is 4.22. The highest BCUT2D eigenvalue weighted by Gasteiger charge is 2.40. The van der Waals surface area contributed by atoms with Gasteiger partial charge in [0, 0.05) is 30.9 Å². The van der Waals surface area contributed by atoms with Crippen molar-refractivity contribution in [3.63, 3.8) is 0 Å². The van der Waals surface area contributed by atoms with E-state index in [4.69, 9.17) is 4.74 Å². The number of hydrogen-bond donors (Lipinski definition) is 1. The molecule has 0 unspecified atom stereocenters. The number of benzene rings is 1. The second-order valence-electron chi connectivity index (χ2n) is 4.44. The van der Waals surface area contributed by atoms with E-state index in [1.165, 1.54) is 6.07 Å². The van der Waals surface area contributed by atoms with Gasteiger partial charge in [0.05, 0.1) is 0 Å². The van der Waals surface area contributed by atoms with Crippen molar-refractivity contribution in [2.75, 3.05) is 25.1 Å². The molecule has 1 saturated heterocycles. The number of ether oxygens (including phenoxy) is 1. The molecular weight excluding hydrogens is 229 g/mol. The van der Waals surface area contributed by atoms with Crippen molar-refractivity contribution >= 4 is 18.1 Å². The summed E-state index contributed by atoms with van der Waals surface area (Å²) >= 11 is 0. The van der Waals surface area contributed by atoms with Crippen molar-refractivity contribution in [3.8, 4) is 0 Å². The van der Waals surface area contributed by atoms with Crippen molar-refractivity contribution in [2.24, 2.45) is 0 Å². The van der Waals surface area contributed by atoms with Crippen LogP contribution in [0, 0.1) is 5.82 Å². The summed E-state index contributed by atoms with van der Waals surface area (Å²) in [6, 6.07) is 5.04. The topological polar surface area (TPSA) is 21.3 Å². The molecule has 0 aliphatic carbocycles. The molecule has 1 N–H and O–H groups in total. The summed E-state index contributed by atoms with van der Waals surface area (Å²) in [5.74, 6) is -0.136. The molecule has 88 valence electrons. The van der Waals surface area contributed by atoms with Crippen LogP contribution < -0.4 is 5.32 Å². The average Bonchev–Trinajstić information content (AvgIpc) is 2.59. The lowest BCUT2D eigenvalue weighted by atomic mass is 9.76. The summed E-state index contributed by atoms with van der Waals surface area (Å²) in [6.45, 7) is 2.50. The van der Waals surface area contributed by atoms with Crippen LogP contribution in [0.25, 0.3) is 0 Å². The van der Waals surface area contributed by atoms with Gasteiger partial charge in [-0.3, -0.25) is 0 Å². The van der Waals surface area contributed by atoms with Gasteiger partial charge in [0.1, 0.15) is 5.82 Å². The van der Waals surface area contributed by atoms with Gasteiger partial charge in [-0.2, -0.15) is 0 Å². The maximum absolute atomic E-state index is 13.2. The van der Waals surface area contributed by atoms with Crippen LogP contribution in [0.4, 0.5) is 10.1 Å². The van der Waals surface area contributed by atoms with Crippen molar-refractivity contribution in [1.82, 2.24) is 0 Å². The highest BCUT2D eigenvalue weighted by molar-refractivity contribution is 5.85. The Bertz CT molecular complexity index is 385. The maximum atomic E-state index is 13.2. The molecule has 0 atom stereocenters. The Labute approximate surface area is 101 Å². The fourth-order valence-corrected chi connectivity index (χ4v) is 2.68. The van der Waals surface area contributed by atoms with Crippen molar-refractivity contribution in [1.29, 1.82) is 0 Å². The van der Waals surface area contributed by atoms with E-state index in [2.05, 4.69) is 5.32 Å². The van der Waals surface area contributed by atoms with Gasteiger partial charge in [-0.1, -0.05) is 0 Å². The summed E-state index contributed by atoms with van der Waals surface area (Å²) in [7, 11) is 0. The average molecular weight is 244 g/mol. The monoisotopic (exact) mass is 243 g/mol. The van der Waals surface area contributed by atoms with Crippen LogP contribution in [0.15, 0.2) is 18.2 Å². The molecule has 1 aromatic rings. The third kappa shape index (κ3) is 1.68. The molecule has 2 heterocycles. The van der Waals surface area contributed by atoms with Gasteiger partial charge in [-0.15, -0.1) is 12.4 Å². The summed E-state index contributed by atoms with van der Waals surface area (Å²) in [4.78, 5) is 0. The van der Waals surface area contributed by atoms with Crippen molar-refractivity contribution in [3.05, 3.63) is 29.6 Å². The maximum Gasteiger partial charge on any atom is 0.123 e. The molecule has 0 amide bonds. The first-order chi connectivity index (χ1) is 7.30. The molecule has 1 fully saturated rings. The molecule has 2 nitrogen and oxygen atoms in total. The SMILES string of the molecule is Cl.Fc1ccc2c(c1)C1(CCOCC1)CN2. The minimum absolute atomic E-state index is 0. The summed E-state index contributed by atoms with van der Waals surface area (Å²) in [6.07, 6.45) is 1.99. The van der Waals surface area contributed by atoms with E-state index in [-0.39, 0.29) is 23.6 Å². The third-order valence-electron chi connectivity index (χ3n) is 3.62. The highest BCUT2D eigenvalue weighted by atomic mass is 35.5. The van der Waals surface area contributed by atoms with Crippen molar-refractivity contribution < 1.29 is 9.13 Å². The molecular formula is C12H15ClFNO. The Morgan fingerprint density at radius 2 is 2.00 bits per heavy atom. The fourth-order valence-electron chi connectivity index (χ4n) is 2.68. The lowest BCUT2D eigenvalue weighted by molar-refractivity contribution is 0.0566. The largest absolute Gasteiger partial charge is 0.384 e. The zero-order valence-electron chi connectivity index (χ0n) is 8.96. The van der Waals surface area contributed by atoms with E-state index in [0.29, 0.717) is 0 Å². The fraction of sp³-hybridized carbons (Fsp3) is 0.500. The second-order valence-corrected chi connectivity index (χ2v) is 4.44. The summed E-state index contributed by atoms with van der Waals surface area (Å²) < 4.78 is 18.6. The Kier molecular flexibility index (Phi) is 3.08. The molecule has 1 spiro atoms. The lowest BCUT2D eigenvalue weighted by Gasteiger charge is -2.33. The summed E-state index contributed by atoms with van der Waals surface area (Å²) in [5, 5.41) is 3.37. The van der Waals surface area contributed by atoms with E-state index in [9.17, 15) is 4.39 Å². The number of nitrogens with one attached hydrogen (secondary N) is 1. The minimum Gasteiger partial charge on any atom is -0.384 e. The van der Waals surface area contributed by atoms with E-state index in [1.54, 1.807) is 6.07 Å². The van der Waals surface area contributed by atoms with Gasteiger partial charge in [0.15, 0.2) is 0 Å². The van der Waals surface area contributed by atoms with Crippen LogP contribution in [0.5, 0.6) is 0 Å². The number of hydrogen-bond acceptors (Lipinski definition) is 2. The first-order valence-corrected chi connectivity index (χ1v) is 5.42. The van der Waals surface area contributed by atoms with Crippen LogP contribution in [-0.2, 0) is 10.2 Å². The van der Waals surface area contributed by atoms with Gasteiger partial charge in [0.2, 0.25) is 0 Å². The normalized spacial score (nSPS) is 21.1. The molecule has 2 aliphatic rings. The van der Waals surface area contributed by atoms with Gasteiger partial charge >= 0.3 is 0 Å². The molecule has 0 saturated carbocycles. The minimum atomic E-state index is -0.136. The van der Waals surface area contributed by atoms with E-state index >= 15 is 0 Å². The smallest absolute Gasteiger partial charge is 0.123 e. The summed E-state index contributed by atoms with van der Waals surface area (Å²) in [5.41, 5.74) is 2.36. The number of halogens is 2. The highest BCUT2D eigenvalue weighted by Crippen LogP contribution is 2.43. The number of anilines is 1. The first-order valence-electron chi connectivity index (χ1n) is 5.42.